The summed E-state index contributed by atoms with van der Waals surface area (Å²) in [5, 5.41) is 28.2. The van der Waals surface area contributed by atoms with E-state index in [9.17, 15) is 19.8 Å². The lowest BCUT2D eigenvalue weighted by atomic mass is 10.1. The summed E-state index contributed by atoms with van der Waals surface area (Å²) in [4.78, 5) is 24.5. The molecule has 8 nitrogen and oxygen atoms in total. The lowest BCUT2D eigenvalue weighted by molar-refractivity contribution is -0.0550. The van der Waals surface area contributed by atoms with Crippen molar-refractivity contribution in [1.29, 1.82) is 0 Å². The molecule has 1 aromatic rings. The van der Waals surface area contributed by atoms with Crippen molar-refractivity contribution in [2.24, 2.45) is 0 Å². The Bertz CT molecular complexity index is 599. The summed E-state index contributed by atoms with van der Waals surface area (Å²) < 4.78 is 20.5. The van der Waals surface area contributed by atoms with Gasteiger partial charge in [-0.25, -0.2) is 4.79 Å². The summed E-state index contributed by atoms with van der Waals surface area (Å²) in [5.41, 5.74) is -2.07. The molecule has 0 aliphatic carbocycles. The molecule has 0 unspecified atom stereocenters. The molecule has 1 fully saturated rings. The average molecular weight is 246 g/mol. The third kappa shape index (κ3) is 2.03. The van der Waals surface area contributed by atoms with E-state index in [0.29, 0.717) is 4.57 Å². The molecule has 8 heteroatoms. The van der Waals surface area contributed by atoms with Crippen LogP contribution in [-0.4, -0.2) is 49.8 Å². The zero-order valence-electron chi connectivity index (χ0n) is 10.5. The number of rotatable bonds is 2. The maximum atomic E-state index is 11.6. The van der Waals surface area contributed by atoms with E-state index in [0.717, 1.165) is 0 Å². The fourth-order valence-corrected chi connectivity index (χ4v) is 1.62. The maximum Gasteiger partial charge on any atom is 0.330 e. The van der Waals surface area contributed by atoms with E-state index in [1.807, 2.05) is 0 Å². The Hall–Kier alpha value is -1.48. The van der Waals surface area contributed by atoms with Crippen LogP contribution in [0.15, 0.2) is 21.8 Å². The van der Waals surface area contributed by atoms with Gasteiger partial charge < -0.3 is 20.1 Å². The number of aromatic amines is 1. The van der Waals surface area contributed by atoms with Gasteiger partial charge in [0.15, 0.2) is 6.23 Å². The van der Waals surface area contributed by atoms with Gasteiger partial charge in [0, 0.05) is 12.2 Å². The molecule has 94 valence electrons. The van der Waals surface area contributed by atoms with Crippen LogP contribution in [0.3, 0.4) is 0 Å². The van der Waals surface area contributed by atoms with Crippen molar-refractivity contribution in [2.75, 3.05) is 6.61 Å². The first kappa shape index (κ1) is 9.54. The normalized spacial score (nSPS) is 34.5. The lowest BCUT2D eigenvalue weighted by Crippen LogP contribution is -2.37. The number of nitrogens with one attached hydrogen (secondary N) is 1. The SMILES string of the molecule is [2H]c1c([2H])n([C@@H]2O[C@H](CO)[C@@H](O)[C@H]2O)c(=O)[nH]c1=O. The van der Waals surface area contributed by atoms with E-state index in [2.05, 4.69) is 0 Å². The van der Waals surface area contributed by atoms with Crippen LogP contribution >= 0.6 is 0 Å². The van der Waals surface area contributed by atoms with Crippen molar-refractivity contribution < 1.29 is 22.8 Å². The minimum absolute atomic E-state index is 0.549. The molecule has 2 heterocycles. The Labute approximate surface area is 97.5 Å². The van der Waals surface area contributed by atoms with Gasteiger partial charge >= 0.3 is 5.69 Å². The highest BCUT2D eigenvalue weighted by atomic mass is 16.6. The van der Waals surface area contributed by atoms with E-state index in [-0.39, 0.29) is 0 Å². The highest BCUT2D eigenvalue weighted by Gasteiger charge is 2.43. The van der Waals surface area contributed by atoms with Gasteiger partial charge in [0.05, 0.1) is 9.35 Å². The largest absolute Gasteiger partial charge is 0.394 e. The Kier molecular flexibility index (Phi) is 2.48. The van der Waals surface area contributed by atoms with Crippen LogP contribution in [0.25, 0.3) is 0 Å². The van der Waals surface area contributed by atoms with E-state index < -0.39 is 54.6 Å². The van der Waals surface area contributed by atoms with Crippen LogP contribution in [-0.2, 0) is 4.74 Å². The van der Waals surface area contributed by atoms with Gasteiger partial charge in [0.2, 0.25) is 0 Å². The van der Waals surface area contributed by atoms with Crippen LogP contribution < -0.4 is 11.2 Å². The Morgan fingerprint density at radius 2 is 2.18 bits per heavy atom. The van der Waals surface area contributed by atoms with Crippen molar-refractivity contribution in [3.05, 3.63) is 33.1 Å². The maximum absolute atomic E-state index is 11.6. The molecule has 17 heavy (non-hydrogen) atoms. The van der Waals surface area contributed by atoms with Crippen molar-refractivity contribution in [3.63, 3.8) is 0 Å². The predicted molar refractivity (Wildman–Crippen MR) is 54.3 cm³/mol. The fourth-order valence-electron chi connectivity index (χ4n) is 1.62. The minimum Gasteiger partial charge on any atom is -0.394 e. The standard InChI is InChI=1S/C9H12N2O6/c12-3-4-6(14)7(15)8(17-4)11-2-1-5(13)10-9(11)16/h1-2,4,6-8,12,14-15H,3H2,(H,10,13,16)/t4-,6-,7-,8-/m1/s1/i1D,2D. The van der Waals surface area contributed by atoms with E-state index >= 15 is 0 Å². The molecule has 0 aromatic carbocycles. The third-order valence-electron chi connectivity index (χ3n) is 2.50. The molecule has 0 amide bonds. The Morgan fingerprint density at radius 3 is 2.76 bits per heavy atom. The molecule has 4 atom stereocenters. The van der Waals surface area contributed by atoms with Crippen LogP contribution in [0.2, 0.25) is 0 Å². The fraction of sp³-hybridized carbons (Fsp3) is 0.556. The first-order valence-electron chi connectivity index (χ1n) is 5.83. The van der Waals surface area contributed by atoms with Crippen molar-refractivity contribution >= 4 is 0 Å². The number of hydrogen-bond acceptors (Lipinski definition) is 6. The van der Waals surface area contributed by atoms with Crippen LogP contribution in [0.5, 0.6) is 0 Å². The molecule has 0 saturated carbocycles. The second-order valence-corrected chi connectivity index (χ2v) is 3.59. The summed E-state index contributed by atoms with van der Waals surface area (Å²) >= 11 is 0. The molecule has 0 bridgehead atoms. The average Bonchev–Trinajstić information content (AvgIpc) is 2.64. The number of H-pyrrole nitrogens is 1. The second kappa shape index (κ2) is 4.41. The molecule has 1 aliphatic rings. The van der Waals surface area contributed by atoms with Gasteiger partial charge in [0.1, 0.15) is 18.3 Å². The summed E-state index contributed by atoms with van der Waals surface area (Å²) in [6, 6.07) is -0.766. The van der Waals surface area contributed by atoms with Crippen molar-refractivity contribution in [2.45, 2.75) is 24.5 Å². The number of ether oxygens (including phenoxy) is 1. The first-order chi connectivity index (χ1) is 8.88. The number of hydrogen-bond donors (Lipinski definition) is 4. The molecule has 0 radical (unpaired) electrons. The van der Waals surface area contributed by atoms with E-state index in [1.54, 1.807) is 4.98 Å². The lowest BCUT2D eigenvalue weighted by Gasteiger charge is -2.16. The molecule has 1 aliphatic heterocycles. The smallest absolute Gasteiger partial charge is 0.330 e. The quantitative estimate of drug-likeness (QED) is 0.445. The second-order valence-electron chi connectivity index (χ2n) is 3.59. The zero-order valence-corrected chi connectivity index (χ0v) is 8.53. The van der Waals surface area contributed by atoms with Gasteiger partial charge in [-0.3, -0.25) is 14.3 Å². The van der Waals surface area contributed by atoms with Gasteiger partial charge in [-0.15, -0.1) is 0 Å². The van der Waals surface area contributed by atoms with Crippen molar-refractivity contribution in [3.8, 4) is 0 Å². The van der Waals surface area contributed by atoms with Crippen LogP contribution in [0, 0.1) is 0 Å². The van der Waals surface area contributed by atoms with Gasteiger partial charge in [-0.05, 0) is 0 Å². The van der Waals surface area contributed by atoms with Crippen LogP contribution in [0.4, 0.5) is 0 Å². The number of aliphatic hydroxyl groups is 3. The molecule has 1 aromatic heterocycles. The molecule has 1 saturated heterocycles. The highest BCUT2D eigenvalue weighted by molar-refractivity contribution is 4.92. The van der Waals surface area contributed by atoms with Crippen LogP contribution in [0.1, 0.15) is 8.97 Å². The predicted octanol–water partition coefficient (Wildman–Crippen LogP) is -2.85. The molecular weight excluding hydrogens is 232 g/mol. The zero-order chi connectivity index (χ0) is 14.3. The number of aromatic nitrogens is 2. The number of nitrogens with zero attached hydrogens (tertiary/aromatic N) is 1. The number of aliphatic hydroxyl groups excluding tert-OH is 3. The summed E-state index contributed by atoms with van der Waals surface area (Å²) in [5.74, 6) is 0. The summed E-state index contributed by atoms with van der Waals surface area (Å²) in [6.45, 7) is -0.589. The summed E-state index contributed by atoms with van der Waals surface area (Å²) in [7, 11) is 0. The Balaban J connectivity index is 2.52. The molecule has 2 rings (SSSR count). The first-order valence-corrected chi connectivity index (χ1v) is 4.83. The Morgan fingerprint density at radius 1 is 1.47 bits per heavy atom. The monoisotopic (exact) mass is 246 g/mol. The minimum atomic E-state index is -1.57. The van der Waals surface area contributed by atoms with Gasteiger partial charge in [-0.1, -0.05) is 0 Å². The third-order valence-corrected chi connectivity index (χ3v) is 2.50. The van der Waals surface area contributed by atoms with E-state index in [1.165, 1.54) is 0 Å². The van der Waals surface area contributed by atoms with Gasteiger partial charge in [-0.2, -0.15) is 0 Å². The van der Waals surface area contributed by atoms with Gasteiger partial charge in [0.25, 0.3) is 5.56 Å². The van der Waals surface area contributed by atoms with Crippen molar-refractivity contribution in [1.82, 2.24) is 9.55 Å². The summed E-state index contributed by atoms with van der Waals surface area (Å²) in [6.07, 6.45) is -6.32. The topological polar surface area (TPSA) is 125 Å². The molecule has 4 N–H and O–H groups in total. The molecule has 0 spiro atoms. The molecular formula is C9H12N2O6. The highest BCUT2D eigenvalue weighted by Crippen LogP contribution is 2.27. The van der Waals surface area contributed by atoms with E-state index in [4.69, 9.17) is 12.6 Å².